The lowest BCUT2D eigenvalue weighted by Crippen LogP contribution is -2.34. The van der Waals surface area contributed by atoms with E-state index in [9.17, 15) is 9.59 Å². The van der Waals surface area contributed by atoms with Gasteiger partial charge in [0.2, 0.25) is 0 Å². The second-order valence-electron chi connectivity index (χ2n) is 7.02. The van der Waals surface area contributed by atoms with E-state index in [1.54, 1.807) is 54.6 Å². The maximum absolute atomic E-state index is 12.6. The molecule has 0 unspecified atom stereocenters. The van der Waals surface area contributed by atoms with Crippen LogP contribution in [0.15, 0.2) is 91.0 Å². The highest BCUT2D eigenvalue weighted by Crippen LogP contribution is 2.18. The number of nitrogens with one attached hydrogen (secondary N) is 3. The summed E-state index contributed by atoms with van der Waals surface area (Å²) in [6, 6.07) is 27.0. The van der Waals surface area contributed by atoms with E-state index in [1.165, 1.54) is 0 Å². The number of carbonyl (C=O) groups excluding carboxylic acids is 2. The Balaban J connectivity index is 1.39. The van der Waals surface area contributed by atoms with Crippen LogP contribution in [0.25, 0.3) is 10.8 Å². The Morgan fingerprint density at radius 2 is 1.34 bits per heavy atom. The van der Waals surface area contributed by atoms with Crippen molar-refractivity contribution in [2.75, 3.05) is 10.6 Å². The van der Waals surface area contributed by atoms with Crippen LogP contribution < -0.4 is 16.0 Å². The number of hydrogen-bond donors (Lipinski definition) is 3. The van der Waals surface area contributed by atoms with Gasteiger partial charge in [-0.15, -0.1) is 0 Å². The van der Waals surface area contributed by atoms with E-state index in [2.05, 4.69) is 16.0 Å². The van der Waals surface area contributed by atoms with Gasteiger partial charge in [0, 0.05) is 27.5 Å². The third kappa shape index (κ3) is 5.29. The number of amides is 2. The molecule has 7 heteroatoms. The zero-order valence-corrected chi connectivity index (χ0v) is 18.3. The van der Waals surface area contributed by atoms with Gasteiger partial charge >= 0.3 is 0 Å². The summed E-state index contributed by atoms with van der Waals surface area (Å²) >= 11 is 11.2. The van der Waals surface area contributed by atoms with Crippen LogP contribution in [-0.4, -0.2) is 16.9 Å². The molecule has 4 aromatic carbocycles. The average Bonchev–Trinajstić information content (AvgIpc) is 2.79. The summed E-state index contributed by atoms with van der Waals surface area (Å²) < 4.78 is 0. The molecule has 0 radical (unpaired) electrons. The van der Waals surface area contributed by atoms with E-state index in [-0.39, 0.29) is 16.9 Å². The van der Waals surface area contributed by atoms with Crippen molar-refractivity contribution in [3.63, 3.8) is 0 Å². The molecule has 4 rings (SSSR count). The zero-order chi connectivity index (χ0) is 22.5. The lowest BCUT2D eigenvalue weighted by atomic mass is 10.1. The van der Waals surface area contributed by atoms with E-state index >= 15 is 0 Å². The van der Waals surface area contributed by atoms with Crippen molar-refractivity contribution < 1.29 is 9.59 Å². The molecule has 158 valence electrons. The Hall–Kier alpha value is -3.74. The minimum Gasteiger partial charge on any atom is -0.332 e. The van der Waals surface area contributed by atoms with Crippen molar-refractivity contribution in [3.8, 4) is 0 Å². The topological polar surface area (TPSA) is 70.2 Å². The molecule has 0 aliphatic carbocycles. The third-order valence-corrected chi connectivity index (χ3v) is 5.14. The van der Waals surface area contributed by atoms with Crippen LogP contribution in [0.1, 0.15) is 20.7 Å². The van der Waals surface area contributed by atoms with Crippen molar-refractivity contribution in [1.82, 2.24) is 5.32 Å². The minimum absolute atomic E-state index is 0.154. The first-order valence-corrected chi connectivity index (χ1v) is 10.5. The maximum Gasteiger partial charge on any atom is 0.257 e. The monoisotopic (exact) mass is 459 g/mol. The lowest BCUT2D eigenvalue weighted by molar-refractivity contribution is 0.0976. The number of rotatable bonds is 4. The molecular weight excluding hydrogens is 442 g/mol. The van der Waals surface area contributed by atoms with E-state index in [4.69, 9.17) is 23.8 Å². The molecule has 0 aliphatic rings. The van der Waals surface area contributed by atoms with Crippen LogP contribution in [0.2, 0.25) is 5.02 Å². The summed E-state index contributed by atoms with van der Waals surface area (Å²) in [7, 11) is 0. The first-order valence-electron chi connectivity index (χ1n) is 9.76. The number of benzene rings is 4. The Labute approximate surface area is 195 Å². The quantitative estimate of drug-likeness (QED) is 0.334. The van der Waals surface area contributed by atoms with E-state index in [0.29, 0.717) is 27.5 Å². The molecule has 0 heterocycles. The molecular formula is C25H18ClN3O2S. The normalized spacial score (nSPS) is 10.4. The van der Waals surface area contributed by atoms with Gasteiger partial charge in [0.1, 0.15) is 0 Å². The summed E-state index contributed by atoms with van der Waals surface area (Å²) in [6.07, 6.45) is 0. The molecule has 0 bridgehead atoms. The minimum atomic E-state index is -0.307. The summed E-state index contributed by atoms with van der Waals surface area (Å²) in [4.78, 5) is 25.0. The largest absolute Gasteiger partial charge is 0.332 e. The summed E-state index contributed by atoms with van der Waals surface area (Å²) in [5.41, 5.74) is 2.16. The number of fused-ring (bicyclic) bond motifs is 1. The van der Waals surface area contributed by atoms with Gasteiger partial charge in [0.05, 0.1) is 0 Å². The smallest absolute Gasteiger partial charge is 0.257 e. The lowest BCUT2D eigenvalue weighted by Gasteiger charge is -2.12. The van der Waals surface area contributed by atoms with Gasteiger partial charge in [-0.1, -0.05) is 54.1 Å². The van der Waals surface area contributed by atoms with Crippen molar-refractivity contribution in [1.29, 1.82) is 0 Å². The van der Waals surface area contributed by atoms with E-state index in [0.717, 1.165) is 10.8 Å². The highest BCUT2D eigenvalue weighted by molar-refractivity contribution is 7.80. The molecule has 0 saturated heterocycles. The molecule has 0 spiro atoms. The summed E-state index contributed by atoms with van der Waals surface area (Å²) in [6.45, 7) is 0. The fourth-order valence-corrected chi connectivity index (χ4v) is 3.58. The third-order valence-electron chi connectivity index (χ3n) is 4.70. The van der Waals surface area contributed by atoms with Crippen molar-refractivity contribution in [2.24, 2.45) is 0 Å². The van der Waals surface area contributed by atoms with Gasteiger partial charge in [0.25, 0.3) is 11.8 Å². The van der Waals surface area contributed by atoms with E-state index < -0.39 is 0 Å². The van der Waals surface area contributed by atoms with Crippen LogP contribution in [0.3, 0.4) is 0 Å². The van der Waals surface area contributed by atoms with Gasteiger partial charge in [0.15, 0.2) is 5.11 Å². The van der Waals surface area contributed by atoms with E-state index in [1.807, 2.05) is 36.4 Å². The highest BCUT2D eigenvalue weighted by Gasteiger charge is 2.10. The van der Waals surface area contributed by atoms with Gasteiger partial charge in [-0.05, 0) is 71.5 Å². The zero-order valence-electron chi connectivity index (χ0n) is 16.8. The molecule has 0 aliphatic heterocycles. The average molecular weight is 460 g/mol. The molecule has 2 amide bonds. The van der Waals surface area contributed by atoms with Gasteiger partial charge in [-0.3, -0.25) is 14.9 Å². The fraction of sp³-hybridized carbons (Fsp3) is 0. The Morgan fingerprint density at radius 1 is 0.656 bits per heavy atom. The Bertz CT molecular complexity index is 1340. The number of carbonyl (C=O) groups is 2. The molecule has 0 fully saturated rings. The van der Waals surface area contributed by atoms with Crippen molar-refractivity contribution in [3.05, 3.63) is 107 Å². The second-order valence-corrected chi connectivity index (χ2v) is 7.86. The molecule has 0 saturated carbocycles. The highest BCUT2D eigenvalue weighted by atomic mass is 35.5. The van der Waals surface area contributed by atoms with Crippen LogP contribution in [-0.2, 0) is 0 Å². The number of hydrogen-bond acceptors (Lipinski definition) is 3. The summed E-state index contributed by atoms with van der Waals surface area (Å²) in [5.74, 6) is -0.587. The van der Waals surface area contributed by atoms with Gasteiger partial charge in [-0.25, -0.2) is 0 Å². The Kier molecular flexibility index (Phi) is 6.44. The molecule has 32 heavy (non-hydrogen) atoms. The molecule has 3 N–H and O–H groups in total. The molecule has 5 nitrogen and oxygen atoms in total. The van der Waals surface area contributed by atoms with Crippen molar-refractivity contribution >= 4 is 62.9 Å². The Morgan fingerprint density at radius 3 is 2.12 bits per heavy atom. The second kappa shape index (κ2) is 9.60. The van der Waals surface area contributed by atoms with Gasteiger partial charge < -0.3 is 10.6 Å². The standard InChI is InChI=1S/C25H18ClN3O2S/c26-20-8-3-7-18(14-20)23(30)27-21-9-4-10-22(15-21)28-25(32)29-24(31)19-12-11-16-5-1-2-6-17(16)13-19/h1-15H,(H,27,30)(H2,28,29,31,32). The fourth-order valence-electron chi connectivity index (χ4n) is 3.18. The first kappa shape index (κ1) is 21.5. The van der Waals surface area contributed by atoms with Crippen LogP contribution in [0.5, 0.6) is 0 Å². The van der Waals surface area contributed by atoms with Crippen LogP contribution in [0, 0.1) is 0 Å². The predicted molar refractivity (Wildman–Crippen MR) is 133 cm³/mol. The van der Waals surface area contributed by atoms with Crippen molar-refractivity contribution in [2.45, 2.75) is 0 Å². The number of halogens is 1. The SMILES string of the molecule is O=C(NC(=S)Nc1cccc(NC(=O)c2cccc(Cl)c2)c1)c1ccc2ccccc2c1. The molecule has 4 aromatic rings. The van der Waals surface area contributed by atoms with Crippen LogP contribution in [0.4, 0.5) is 11.4 Å². The van der Waals surface area contributed by atoms with Crippen LogP contribution >= 0.6 is 23.8 Å². The maximum atomic E-state index is 12.6. The first-order chi connectivity index (χ1) is 15.5. The van der Waals surface area contributed by atoms with Gasteiger partial charge in [-0.2, -0.15) is 0 Å². The number of anilines is 2. The predicted octanol–water partition coefficient (Wildman–Crippen LogP) is 5.87. The molecule has 0 atom stereocenters. The molecule has 0 aromatic heterocycles. The number of thiocarbonyl (C=S) groups is 1. The summed E-state index contributed by atoms with van der Waals surface area (Å²) in [5, 5.41) is 11.1.